The van der Waals surface area contributed by atoms with Gasteiger partial charge in [0.15, 0.2) is 0 Å². The van der Waals surface area contributed by atoms with Crippen molar-refractivity contribution in [2.45, 2.75) is 45.1 Å². The molecular formula is C18H20N2O. The van der Waals surface area contributed by atoms with Gasteiger partial charge < -0.3 is 8.97 Å². The smallest absolute Gasteiger partial charge is 0.275 e. The number of aryl methyl sites for hydroxylation is 1. The summed E-state index contributed by atoms with van der Waals surface area (Å²) >= 11 is 0. The van der Waals surface area contributed by atoms with Gasteiger partial charge >= 0.3 is 0 Å². The van der Waals surface area contributed by atoms with Gasteiger partial charge in [-0.25, -0.2) is 0 Å². The zero-order chi connectivity index (χ0) is 14.4. The van der Waals surface area contributed by atoms with Crippen molar-refractivity contribution in [2.24, 2.45) is 0 Å². The molecule has 0 radical (unpaired) electrons. The van der Waals surface area contributed by atoms with Gasteiger partial charge in [-0.2, -0.15) is 0 Å². The lowest BCUT2D eigenvalue weighted by atomic mass is 9.95. The second-order valence-electron chi connectivity index (χ2n) is 6.20. The molecule has 0 saturated heterocycles. The van der Waals surface area contributed by atoms with Crippen molar-refractivity contribution in [1.29, 1.82) is 0 Å². The maximum absolute atomic E-state index is 13.0. The molecule has 21 heavy (non-hydrogen) atoms. The molecule has 0 N–H and O–H groups in total. The van der Waals surface area contributed by atoms with Crippen molar-refractivity contribution in [2.75, 3.05) is 0 Å². The first-order valence-corrected chi connectivity index (χ1v) is 7.87. The summed E-state index contributed by atoms with van der Waals surface area (Å²) in [5.74, 6) is 0. The van der Waals surface area contributed by atoms with Crippen LogP contribution in [0.5, 0.6) is 0 Å². The molecule has 0 amide bonds. The average molecular weight is 280 g/mol. The van der Waals surface area contributed by atoms with Crippen molar-refractivity contribution in [3.05, 3.63) is 52.6 Å². The van der Waals surface area contributed by atoms with Gasteiger partial charge in [-0.1, -0.05) is 37.5 Å². The highest BCUT2D eigenvalue weighted by molar-refractivity contribution is 5.86. The molecule has 0 aliphatic heterocycles. The number of benzene rings is 1. The highest BCUT2D eigenvalue weighted by Crippen LogP contribution is 2.28. The number of para-hydroxylation sites is 1. The standard InChI is InChI=1S/C18H20N2O/c1-13-12-19-16-10-6-5-7-14(16)11-17(19)18(21)20(13)15-8-3-2-4-9-15/h5-7,10-12,15H,2-4,8-9H2,1H3. The molecular weight excluding hydrogens is 260 g/mol. The number of hydrogen-bond donors (Lipinski definition) is 0. The minimum absolute atomic E-state index is 0.165. The number of rotatable bonds is 1. The van der Waals surface area contributed by atoms with E-state index in [2.05, 4.69) is 25.3 Å². The monoisotopic (exact) mass is 280 g/mol. The maximum atomic E-state index is 13.0. The predicted octanol–water partition coefficient (Wildman–Crippen LogP) is 4.07. The Labute approximate surface area is 123 Å². The van der Waals surface area contributed by atoms with Gasteiger partial charge in [-0.3, -0.25) is 4.79 Å². The molecule has 2 aromatic heterocycles. The van der Waals surface area contributed by atoms with Crippen molar-refractivity contribution >= 4 is 16.4 Å². The Bertz CT molecular complexity index is 866. The molecule has 1 saturated carbocycles. The van der Waals surface area contributed by atoms with Gasteiger partial charge in [0.05, 0.1) is 5.52 Å². The summed E-state index contributed by atoms with van der Waals surface area (Å²) in [6, 6.07) is 10.6. The number of nitrogens with zero attached hydrogens (tertiary/aromatic N) is 2. The number of aromatic nitrogens is 2. The highest BCUT2D eigenvalue weighted by Gasteiger charge is 2.20. The minimum atomic E-state index is 0.165. The Morgan fingerprint density at radius 1 is 1.05 bits per heavy atom. The molecule has 0 spiro atoms. The first-order chi connectivity index (χ1) is 10.3. The van der Waals surface area contributed by atoms with Crippen LogP contribution in [0.1, 0.15) is 43.8 Å². The van der Waals surface area contributed by atoms with E-state index in [-0.39, 0.29) is 5.56 Å². The van der Waals surface area contributed by atoms with Crippen molar-refractivity contribution in [3.63, 3.8) is 0 Å². The van der Waals surface area contributed by atoms with E-state index in [1.54, 1.807) is 0 Å². The molecule has 4 rings (SSSR count). The molecule has 1 aliphatic carbocycles. The van der Waals surface area contributed by atoms with E-state index in [9.17, 15) is 4.79 Å². The molecule has 1 aromatic carbocycles. The van der Waals surface area contributed by atoms with Gasteiger partial charge in [0.2, 0.25) is 0 Å². The van der Waals surface area contributed by atoms with Gasteiger partial charge in [-0.15, -0.1) is 0 Å². The Hall–Kier alpha value is -2.03. The molecule has 0 unspecified atom stereocenters. The fourth-order valence-electron chi connectivity index (χ4n) is 3.81. The zero-order valence-electron chi connectivity index (χ0n) is 12.4. The Morgan fingerprint density at radius 3 is 2.62 bits per heavy atom. The fraction of sp³-hybridized carbons (Fsp3) is 0.389. The second kappa shape index (κ2) is 4.76. The van der Waals surface area contributed by atoms with E-state index < -0.39 is 0 Å². The molecule has 108 valence electrons. The van der Waals surface area contributed by atoms with Gasteiger partial charge in [0.1, 0.15) is 5.52 Å². The van der Waals surface area contributed by atoms with Crippen LogP contribution in [-0.4, -0.2) is 8.97 Å². The number of hydrogen-bond acceptors (Lipinski definition) is 1. The third-order valence-electron chi connectivity index (χ3n) is 4.82. The van der Waals surface area contributed by atoms with E-state index in [1.807, 2.05) is 27.2 Å². The molecule has 1 aliphatic rings. The van der Waals surface area contributed by atoms with Crippen LogP contribution < -0.4 is 5.56 Å². The van der Waals surface area contributed by atoms with E-state index in [1.165, 1.54) is 19.3 Å². The number of fused-ring (bicyclic) bond motifs is 3. The summed E-state index contributed by atoms with van der Waals surface area (Å²) in [5, 5.41) is 1.13. The van der Waals surface area contributed by atoms with Crippen molar-refractivity contribution in [1.82, 2.24) is 8.97 Å². The van der Waals surface area contributed by atoms with E-state index in [0.29, 0.717) is 6.04 Å². The molecule has 3 nitrogen and oxygen atoms in total. The lowest BCUT2D eigenvalue weighted by Gasteiger charge is -2.26. The highest BCUT2D eigenvalue weighted by atomic mass is 16.1. The lowest BCUT2D eigenvalue weighted by molar-refractivity contribution is 0.341. The Kier molecular flexibility index (Phi) is 2.88. The summed E-state index contributed by atoms with van der Waals surface area (Å²) < 4.78 is 4.08. The van der Waals surface area contributed by atoms with E-state index >= 15 is 0 Å². The third-order valence-corrected chi connectivity index (χ3v) is 4.82. The maximum Gasteiger partial charge on any atom is 0.275 e. The van der Waals surface area contributed by atoms with Crippen molar-refractivity contribution in [3.8, 4) is 0 Å². The van der Waals surface area contributed by atoms with Gasteiger partial charge in [-0.05, 0) is 31.9 Å². The Balaban J connectivity index is 2.00. The topological polar surface area (TPSA) is 26.4 Å². The third kappa shape index (κ3) is 1.91. The largest absolute Gasteiger partial charge is 0.310 e. The molecule has 0 bridgehead atoms. The molecule has 3 aromatic rings. The summed E-state index contributed by atoms with van der Waals surface area (Å²) in [5.41, 5.74) is 3.15. The van der Waals surface area contributed by atoms with Crippen LogP contribution in [-0.2, 0) is 0 Å². The first kappa shape index (κ1) is 12.7. The SMILES string of the molecule is Cc1cn2c(cc3ccccc32)c(=O)n1C1CCCCC1. The Morgan fingerprint density at radius 2 is 1.81 bits per heavy atom. The summed E-state index contributed by atoms with van der Waals surface area (Å²) in [6.45, 7) is 2.06. The summed E-state index contributed by atoms with van der Waals surface area (Å²) in [7, 11) is 0. The lowest BCUT2D eigenvalue weighted by Crippen LogP contribution is -2.29. The minimum Gasteiger partial charge on any atom is -0.310 e. The van der Waals surface area contributed by atoms with Crippen LogP contribution in [0.4, 0.5) is 0 Å². The van der Waals surface area contributed by atoms with Crippen molar-refractivity contribution < 1.29 is 0 Å². The fourth-order valence-corrected chi connectivity index (χ4v) is 3.81. The van der Waals surface area contributed by atoms with Crippen LogP contribution in [0.15, 0.2) is 41.3 Å². The average Bonchev–Trinajstić information content (AvgIpc) is 2.88. The molecule has 2 heterocycles. The van der Waals surface area contributed by atoms with Gasteiger partial charge in [0.25, 0.3) is 5.56 Å². The van der Waals surface area contributed by atoms with Crippen LogP contribution in [0, 0.1) is 6.92 Å². The first-order valence-electron chi connectivity index (χ1n) is 7.87. The molecule has 0 atom stereocenters. The normalized spacial score (nSPS) is 16.8. The molecule has 3 heteroatoms. The molecule has 1 fully saturated rings. The van der Waals surface area contributed by atoms with E-state index in [4.69, 9.17) is 0 Å². The predicted molar refractivity (Wildman–Crippen MR) is 86.0 cm³/mol. The van der Waals surface area contributed by atoms with Gasteiger partial charge in [0, 0.05) is 23.3 Å². The van der Waals surface area contributed by atoms with Crippen LogP contribution >= 0.6 is 0 Å². The second-order valence-corrected chi connectivity index (χ2v) is 6.20. The summed E-state index contributed by atoms with van der Waals surface area (Å²) in [4.78, 5) is 13.0. The van der Waals surface area contributed by atoms with Crippen LogP contribution in [0.25, 0.3) is 16.4 Å². The van der Waals surface area contributed by atoms with Crippen LogP contribution in [0.2, 0.25) is 0 Å². The quantitative estimate of drug-likeness (QED) is 0.660. The summed E-state index contributed by atoms with van der Waals surface area (Å²) in [6.07, 6.45) is 8.18. The van der Waals surface area contributed by atoms with E-state index in [0.717, 1.165) is 35.0 Å². The zero-order valence-corrected chi connectivity index (χ0v) is 12.4. The van der Waals surface area contributed by atoms with Crippen LogP contribution in [0.3, 0.4) is 0 Å².